The van der Waals surface area contributed by atoms with Crippen LogP contribution >= 0.6 is 11.6 Å². The van der Waals surface area contributed by atoms with Crippen molar-refractivity contribution in [2.75, 3.05) is 6.61 Å². The first-order valence-electron chi connectivity index (χ1n) is 6.92. The van der Waals surface area contributed by atoms with Gasteiger partial charge in [-0.1, -0.05) is 52.3 Å². The molecule has 0 unspecified atom stereocenters. The van der Waals surface area contributed by atoms with Crippen LogP contribution < -0.4 is 10.1 Å². The van der Waals surface area contributed by atoms with E-state index in [-0.39, 0.29) is 5.41 Å². The lowest BCUT2D eigenvalue weighted by Gasteiger charge is -2.18. The predicted octanol–water partition coefficient (Wildman–Crippen LogP) is 4.65. The molecule has 1 aromatic rings. The van der Waals surface area contributed by atoms with Crippen molar-refractivity contribution in [2.45, 2.75) is 53.6 Å². The van der Waals surface area contributed by atoms with Gasteiger partial charge in [0.2, 0.25) is 0 Å². The third-order valence-electron chi connectivity index (χ3n) is 2.82. The topological polar surface area (TPSA) is 21.3 Å². The summed E-state index contributed by atoms with van der Waals surface area (Å²) in [6.07, 6.45) is 1.01. The summed E-state index contributed by atoms with van der Waals surface area (Å²) in [7, 11) is 0. The second-order valence-corrected chi connectivity index (χ2v) is 6.87. The Hall–Kier alpha value is -0.730. The molecule has 0 aliphatic rings. The first-order valence-corrected chi connectivity index (χ1v) is 7.30. The first kappa shape index (κ1) is 16.3. The van der Waals surface area contributed by atoms with E-state index in [9.17, 15) is 0 Å². The highest BCUT2D eigenvalue weighted by molar-refractivity contribution is 6.32. The minimum Gasteiger partial charge on any atom is -0.492 e. The molecule has 1 N–H and O–H groups in total. The van der Waals surface area contributed by atoms with Crippen LogP contribution in [0.4, 0.5) is 0 Å². The van der Waals surface area contributed by atoms with Gasteiger partial charge in [0.1, 0.15) is 5.75 Å². The van der Waals surface area contributed by atoms with E-state index in [2.05, 4.69) is 46.0 Å². The van der Waals surface area contributed by atoms with Crippen LogP contribution in [0.3, 0.4) is 0 Å². The molecule has 0 heterocycles. The van der Waals surface area contributed by atoms with Crippen LogP contribution in [0.15, 0.2) is 18.2 Å². The number of nitrogens with one attached hydrogen (secondary N) is 1. The summed E-state index contributed by atoms with van der Waals surface area (Å²) in [5.41, 5.74) is 1.47. The Balaban J connectivity index is 2.52. The SMILES string of the molecule is CC(C)NCc1ccc(OCCC(C)(C)C)c(Cl)c1. The van der Waals surface area contributed by atoms with Gasteiger partial charge in [0, 0.05) is 12.6 Å². The summed E-state index contributed by atoms with van der Waals surface area (Å²) in [6, 6.07) is 6.47. The van der Waals surface area contributed by atoms with E-state index in [1.54, 1.807) is 0 Å². The van der Waals surface area contributed by atoms with Crippen molar-refractivity contribution in [1.29, 1.82) is 0 Å². The maximum absolute atomic E-state index is 6.24. The zero-order valence-corrected chi connectivity index (χ0v) is 13.5. The lowest BCUT2D eigenvalue weighted by atomic mass is 9.93. The second-order valence-electron chi connectivity index (χ2n) is 6.46. The van der Waals surface area contributed by atoms with E-state index in [0.29, 0.717) is 17.7 Å². The summed E-state index contributed by atoms with van der Waals surface area (Å²) in [4.78, 5) is 0. The number of benzene rings is 1. The molecule has 19 heavy (non-hydrogen) atoms. The van der Waals surface area contributed by atoms with Crippen molar-refractivity contribution in [1.82, 2.24) is 5.32 Å². The van der Waals surface area contributed by atoms with E-state index in [1.807, 2.05) is 12.1 Å². The lowest BCUT2D eigenvalue weighted by Crippen LogP contribution is -2.21. The molecule has 0 radical (unpaired) electrons. The fraction of sp³-hybridized carbons (Fsp3) is 0.625. The van der Waals surface area contributed by atoms with E-state index in [1.165, 1.54) is 5.56 Å². The van der Waals surface area contributed by atoms with Crippen LogP contribution in [-0.4, -0.2) is 12.6 Å². The summed E-state index contributed by atoms with van der Waals surface area (Å²) in [6.45, 7) is 12.4. The van der Waals surface area contributed by atoms with Gasteiger partial charge in [-0.25, -0.2) is 0 Å². The minimum absolute atomic E-state index is 0.285. The van der Waals surface area contributed by atoms with Gasteiger partial charge in [-0.15, -0.1) is 0 Å². The number of hydrogen-bond acceptors (Lipinski definition) is 2. The van der Waals surface area contributed by atoms with Gasteiger partial charge in [0.05, 0.1) is 11.6 Å². The molecule has 0 amide bonds. The van der Waals surface area contributed by atoms with Crippen molar-refractivity contribution in [3.63, 3.8) is 0 Å². The minimum atomic E-state index is 0.285. The third-order valence-corrected chi connectivity index (χ3v) is 3.12. The third kappa shape index (κ3) is 6.84. The van der Waals surface area contributed by atoms with Crippen LogP contribution in [0, 0.1) is 5.41 Å². The smallest absolute Gasteiger partial charge is 0.137 e. The Bertz CT molecular complexity index is 396. The Morgan fingerprint density at radius 1 is 1.26 bits per heavy atom. The molecule has 0 atom stereocenters. The van der Waals surface area contributed by atoms with Crippen molar-refractivity contribution in [3.8, 4) is 5.75 Å². The molecule has 108 valence electrons. The maximum atomic E-state index is 6.24. The molecule has 1 aromatic carbocycles. The molecule has 1 rings (SSSR count). The highest BCUT2D eigenvalue weighted by Crippen LogP contribution is 2.27. The number of rotatable bonds is 6. The van der Waals surface area contributed by atoms with Crippen molar-refractivity contribution < 1.29 is 4.74 Å². The second kappa shape index (κ2) is 7.16. The maximum Gasteiger partial charge on any atom is 0.137 e. The number of hydrogen-bond donors (Lipinski definition) is 1. The highest BCUT2D eigenvalue weighted by Gasteiger charge is 2.11. The Morgan fingerprint density at radius 2 is 1.95 bits per heavy atom. The molecule has 0 spiro atoms. The molecule has 0 saturated heterocycles. The van der Waals surface area contributed by atoms with Gasteiger partial charge in [0.15, 0.2) is 0 Å². The normalized spacial score (nSPS) is 11.9. The summed E-state index contributed by atoms with van der Waals surface area (Å²) < 4.78 is 5.74. The van der Waals surface area contributed by atoms with Crippen molar-refractivity contribution >= 4 is 11.6 Å². The molecule has 3 heteroatoms. The standard InChI is InChI=1S/C16H26ClNO/c1-12(2)18-11-13-6-7-15(14(17)10-13)19-9-8-16(3,4)5/h6-7,10,12,18H,8-9,11H2,1-5H3. The van der Waals surface area contributed by atoms with Gasteiger partial charge in [0.25, 0.3) is 0 Å². The summed E-state index contributed by atoms with van der Waals surface area (Å²) in [5, 5.41) is 4.06. The molecular formula is C16H26ClNO. The molecule has 0 aliphatic heterocycles. The average molecular weight is 284 g/mol. The van der Waals surface area contributed by atoms with Gasteiger partial charge in [-0.3, -0.25) is 0 Å². The molecule has 0 bridgehead atoms. The molecule has 0 saturated carbocycles. The largest absolute Gasteiger partial charge is 0.492 e. The fourth-order valence-electron chi connectivity index (χ4n) is 1.56. The predicted molar refractivity (Wildman–Crippen MR) is 83.0 cm³/mol. The quantitative estimate of drug-likeness (QED) is 0.820. The zero-order valence-electron chi connectivity index (χ0n) is 12.7. The Morgan fingerprint density at radius 3 is 2.47 bits per heavy atom. The monoisotopic (exact) mass is 283 g/mol. The van der Waals surface area contributed by atoms with Gasteiger partial charge in [-0.05, 0) is 29.5 Å². The van der Waals surface area contributed by atoms with Gasteiger partial charge < -0.3 is 10.1 Å². The lowest BCUT2D eigenvalue weighted by molar-refractivity contribution is 0.243. The van der Waals surface area contributed by atoms with E-state index < -0.39 is 0 Å². The van der Waals surface area contributed by atoms with E-state index >= 15 is 0 Å². The van der Waals surface area contributed by atoms with E-state index in [0.717, 1.165) is 18.7 Å². The van der Waals surface area contributed by atoms with Gasteiger partial charge >= 0.3 is 0 Å². The van der Waals surface area contributed by atoms with Crippen molar-refractivity contribution in [3.05, 3.63) is 28.8 Å². The van der Waals surface area contributed by atoms with Crippen LogP contribution in [0.2, 0.25) is 5.02 Å². The molecular weight excluding hydrogens is 258 g/mol. The van der Waals surface area contributed by atoms with Gasteiger partial charge in [-0.2, -0.15) is 0 Å². The summed E-state index contributed by atoms with van der Waals surface area (Å²) in [5.74, 6) is 0.777. The fourth-order valence-corrected chi connectivity index (χ4v) is 1.82. The Labute approximate surface area is 122 Å². The van der Waals surface area contributed by atoms with Crippen LogP contribution in [0.1, 0.15) is 46.6 Å². The summed E-state index contributed by atoms with van der Waals surface area (Å²) >= 11 is 6.24. The Kier molecular flexibility index (Phi) is 6.15. The number of ether oxygens (including phenoxy) is 1. The highest BCUT2D eigenvalue weighted by atomic mass is 35.5. The molecule has 0 fully saturated rings. The van der Waals surface area contributed by atoms with Crippen LogP contribution in [-0.2, 0) is 6.54 Å². The van der Waals surface area contributed by atoms with Crippen molar-refractivity contribution in [2.24, 2.45) is 5.41 Å². The molecule has 0 aromatic heterocycles. The van der Waals surface area contributed by atoms with Crippen LogP contribution in [0.25, 0.3) is 0 Å². The average Bonchev–Trinajstić information content (AvgIpc) is 2.27. The molecule has 0 aliphatic carbocycles. The number of halogens is 1. The zero-order chi connectivity index (χ0) is 14.5. The van der Waals surface area contributed by atoms with Crippen LogP contribution in [0.5, 0.6) is 5.75 Å². The molecule has 2 nitrogen and oxygen atoms in total. The van der Waals surface area contributed by atoms with E-state index in [4.69, 9.17) is 16.3 Å². The first-order chi connectivity index (χ1) is 8.78.